The van der Waals surface area contributed by atoms with Crippen LogP contribution in [0.5, 0.6) is 0 Å². The molecule has 0 aliphatic carbocycles. The molecule has 0 aliphatic rings. The van der Waals surface area contributed by atoms with E-state index in [4.69, 9.17) is 0 Å². The average Bonchev–Trinajstić information content (AvgIpc) is 2.62. The van der Waals surface area contributed by atoms with Crippen LogP contribution in [0.3, 0.4) is 0 Å². The predicted octanol–water partition coefficient (Wildman–Crippen LogP) is 4.04. The lowest BCUT2D eigenvalue weighted by Crippen LogP contribution is -2.50. The molecule has 0 aromatic heterocycles. The van der Waals surface area contributed by atoms with Crippen molar-refractivity contribution in [1.82, 2.24) is 10.4 Å². The molecule has 0 heterocycles. The fraction of sp³-hybridized carbons (Fsp3) is 0.143. The van der Waals surface area contributed by atoms with Gasteiger partial charge in [0.2, 0.25) is 0 Å². The third-order valence-electron chi connectivity index (χ3n) is 4.01. The van der Waals surface area contributed by atoms with Gasteiger partial charge in [-0.2, -0.15) is 0 Å². The summed E-state index contributed by atoms with van der Waals surface area (Å²) in [7, 11) is 4.06. The third kappa shape index (κ3) is 3.04. The molecule has 0 atom stereocenters. The highest BCUT2D eigenvalue weighted by Gasteiger charge is 2.36. The zero-order valence-corrected chi connectivity index (χ0v) is 13.6. The fourth-order valence-electron chi connectivity index (χ4n) is 3.09. The van der Waals surface area contributed by atoms with Gasteiger partial charge in [0, 0.05) is 14.1 Å². The number of rotatable bonds is 5. The van der Waals surface area contributed by atoms with Crippen LogP contribution in [0, 0.1) is 0 Å². The maximum Gasteiger partial charge on any atom is 0.107 e. The largest absolute Gasteiger partial charge is 0.249 e. The van der Waals surface area contributed by atoms with E-state index in [1.165, 1.54) is 16.7 Å². The highest BCUT2D eigenvalue weighted by atomic mass is 15.5. The van der Waals surface area contributed by atoms with E-state index in [0.717, 1.165) is 0 Å². The Morgan fingerprint density at radius 3 is 1.13 bits per heavy atom. The van der Waals surface area contributed by atoms with E-state index in [-0.39, 0.29) is 0 Å². The molecular formula is C21H22N2. The van der Waals surface area contributed by atoms with Crippen LogP contribution in [0.4, 0.5) is 0 Å². The van der Waals surface area contributed by atoms with Crippen LogP contribution < -0.4 is 5.43 Å². The Kier molecular flexibility index (Phi) is 4.56. The van der Waals surface area contributed by atoms with Gasteiger partial charge in [-0.15, -0.1) is 0 Å². The second kappa shape index (κ2) is 6.78. The summed E-state index contributed by atoms with van der Waals surface area (Å²) in [6, 6.07) is 31.8. The smallest absolute Gasteiger partial charge is 0.107 e. The van der Waals surface area contributed by atoms with Crippen molar-refractivity contribution >= 4 is 0 Å². The number of hydrogen-bond acceptors (Lipinski definition) is 2. The average molecular weight is 302 g/mol. The van der Waals surface area contributed by atoms with Crippen molar-refractivity contribution in [3.8, 4) is 0 Å². The summed E-state index contributed by atoms with van der Waals surface area (Å²) in [5.41, 5.74) is 6.89. The first kappa shape index (κ1) is 15.5. The highest BCUT2D eigenvalue weighted by molar-refractivity contribution is 5.49. The molecule has 0 radical (unpaired) electrons. The van der Waals surface area contributed by atoms with Gasteiger partial charge in [0.25, 0.3) is 0 Å². The summed E-state index contributed by atoms with van der Waals surface area (Å²) in [5.74, 6) is 0. The number of hydrazine groups is 1. The third-order valence-corrected chi connectivity index (χ3v) is 4.01. The molecule has 23 heavy (non-hydrogen) atoms. The van der Waals surface area contributed by atoms with E-state index in [1.54, 1.807) is 0 Å². The maximum atomic E-state index is 3.68. The summed E-state index contributed by atoms with van der Waals surface area (Å²) in [6.45, 7) is 0. The van der Waals surface area contributed by atoms with Gasteiger partial charge in [-0.3, -0.25) is 0 Å². The fourth-order valence-corrected chi connectivity index (χ4v) is 3.09. The minimum absolute atomic E-state index is 0.423. The molecule has 0 saturated carbocycles. The standard InChI is InChI=1S/C21H22N2/c1-23(2)22-21(18-12-6-3-7-13-18,19-14-8-4-9-15-19)20-16-10-5-11-17-20/h3-17,22H,1-2H3. The monoisotopic (exact) mass is 302 g/mol. The van der Waals surface area contributed by atoms with Crippen LogP contribution >= 0.6 is 0 Å². The number of nitrogens with zero attached hydrogens (tertiary/aromatic N) is 1. The van der Waals surface area contributed by atoms with Gasteiger partial charge in [0.05, 0.1) is 0 Å². The normalized spacial score (nSPS) is 11.6. The van der Waals surface area contributed by atoms with Gasteiger partial charge in [0.1, 0.15) is 5.54 Å². The lowest BCUT2D eigenvalue weighted by atomic mass is 9.77. The first-order valence-corrected chi connectivity index (χ1v) is 7.85. The van der Waals surface area contributed by atoms with E-state index >= 15 is 0 Å². The van der Waals surface area contributed by atoms with Gasteiger partial charge in [-0.05, 0) is 16.7 Å². The summed E-state index contributed by atoms with van der Waals surface area (Å²) < 4.78 is 0. The molecule has 3 aromatic rings. The van der Waals surface area contributed by atoms with Crippen molar-refractivity contribution in [2.75, 3.05) is 14.1 Å². The van der Waals surface area contributed by atoms with Crippen LogP contribution in [0.15, 0.2) is 91.0 Å². The molecule has 0 fully saturated rings. The molecule has 0 spiro atoms. The molecule has 0 bridgehead atoms. The molecule has 2 nitrogen and oxygen atoms in total. The molecule has 2 heteroatoms. The molecule has 0 aliphatic heterocycles. The number of hydrogen-bond donors (Lipinski definition) is 1. The quantitative estimate of drug-likeness (QED) is 0.565. The summed E-state index contributed by atoms with van der Waals surface area (Å²) in [5, 5.41) is 2.02. The lowest BCUT2D eigenvalue weighted by molar-refractivity contribution is 0.214. The summed E-state index contributed by atoms with van der Waals surface area (Å²) in [4.78, 5) is 0. The number of nitrogens with one attached hydrogen (secondary N) is 1. The van der Waals surface area contributed by atoms with Crippen molar-refractivity contribution in [2.24, 2.45) is 0 Å². The minimum atomic E-state index is -0.423. The van der Waals surface area contributed by atoms with Gasteiger partial charge < -0.3 is 0 Å². The first-order chi connectivity index (χ1) is 11.2. The van der Waals surface area contributed by atoms with E-state index in [9.17, 15) is 0 Å². The minimum Gasteiger partial charge on any atom is -0.249 e. The van der Waals surface area contributed by atoms with Crippen LogP contribution in [-0.4, -0.2) is 19.1 Å². The van der Waals surface area contributed by atoms with E-state index in [0.29, 0.717) is 0 Å². The Morgan fingerprint density at radius 1 is 0.565 bits per heavy atom. The molecule has 0 saturated heterocycles. The topological polar surface area (TPSA) is 15.3 Å². The summed E-state index contributed by atoms with van der Waals surface area (Å²) in [6.07, 6.45) is 0. The second-order valence-electron chi connectivity index (χ2n) is 5.85. The number of benzene rings is 3. The SMILES string of the molecule is CN(C)NC(c1ccccc1)(c1ccccc1)c1ccccc1. The molecule has 116 valence electrons. The van der Waals surface area contributed by atoms with Gasteiger partial charge in [0.15, 0.2) is 0 Å². The highest BCUT2D eigenvalue weighted by Crippen LogP contribution is 2.36. The molecule has 1 N–H and O–H groups in total. The van der Waals surface area contributed by atoms with Crippen molar-refractivity contribution in [2.45, 2.75) is 5.54 Å². The van der Waals surface area contributed by atoms with Gasteiger partial charge in [-0.25, -0.2) is 10.4 Å². The molecule has 3 rings (SSSR count). The van der Waals surface area contributed by atoms with Crippen LogP contribution in [0.25, 0.3) is 0 Å². The Labute approximate surface area is 138 Å². The molecule has 0 unspecified atom stereocenters. The predicted molar refractivity (Wildman–Crippen MR) is 96.0 cm³/mol. The van der Waals surface area contributed by atoms with Gasteiger partial charge in [-0.1, -0.05) is 91.0 Å². The van der Waals surface area contributed by atoms with Crippen molar-refractivity contribution in [1.29, 1.82) is 0 Å². The van der Waals surface area contributed by atoms with E-state index in [1.807, 2.05) is 19.1 Å². The van der Waals surface area contributed by atoms with Crippen LogP contribution in [0.1, 0.15) is 16.7 Å². The van der Waals surface area contributed by atoms with Crippen molar-refractivity contribution in [3.63, 3.8) is 0 Å². The van der Waals surface area contributed by atoms with Crippen LogP contribution in [0.2, 0.25) is 0 Å². The molecular weight excluding hydrogens is 280 g/mol. The molecule has 0 amide bonds. The zero-order chi connectivity index (χ0) is 16.1. The Bertz CT molecular complexity index is 625. The van der Waals surface area contributed by atoms with E-state index < -0.39 is 5.54 Å². The van der Waals surface area contributed by atoms with Crippen molar-refractivity contribution in [3.05, 3.63) is 108 Å². The van der Waals surface area contributed by atoms with E-state index in [2.05, 4.69) is 96.4 Å². The zero-order valence-electron chi connectivity index (χ0n) is 13.6. The summed E-state index contributed by atoms with van der Waals surface area (Å²) >= 11 is 0. The maximum absolute atomic E-state index is 3.68. The Morgan fingerprint density at radius 2 is 0.870 bits per heavy atom. The van der Waals surface area contributed by atoms with Crippen molar-refractivity contribution < 1.29 is 0 Å². The Balaban J connectivity index is 2.30. The Hall–Kier alpha value is -2.42. The first-order valence-electron chi connectivity index (χ1n) is 7.85. The van der Waals surface area contributed by atoms with Crippen LogP contribution in [-0.2, 0) is 5.54 Å². The lowest BCUT2D eigenvalue weighted by Gasteiger charge is -2.39. The second-order valence-corrected chi connectivity index (χ2v) is 5.85. The van der Waals surface area contributed by atoms with Gasteiger partial charge >= 0.3 is 0 Å². The molecule has 3 aromatic carbocycles.